The average molecular weight is 399 g/mol. The number of phenols is 1. The Labute approximate surface area is 174 Å². The number of benzene rings is 2. The van der Waals surface area contributed by atoms with Gasteiger partial charge in [-0.05, 0) is 87.3 Å². The number of aromatic hydroxyl groups is 1. The fourth-order valence-corrected chi connectivity index (χ4v) is 3.42. The van der Waals surface area contributed by atoms with Crippen molar-refractivity contribution in [3.63, 3.8) is 0 Å². The van der Waals surface area contributed by atoms with E-state index in [1.165, 1.54) is 11.1 Å². The van der Waals surface area contributed by atoms with Gasteiger partial charge in [0.05, 0.1) is 0 Å². The maximum absolute atomic E-state index is 11.8. The molecule has 0 aliphatic heterocycles. The molecule has 158 valence electrons. The van der Waals surface area contributed by atoms with Crippen molar-refractivity contribution in [3.8, 4) is 11.5 Å². The van der Waals surface area contributed by atoms with Crippen molar-refractivity contribution in [2.45, 2.75) is 77.7 Å². The number of carbonyl (C=O) groups excluding carboxylic acids is 1. The van der Waals surface area contributed by atoms with E-state index in [-0.39, 0.29) is 0 Å². The molecule has 1 N–H and O–H groups in total. The Morgan fingerprint density at radius 3 is 2.10 bits per heavy atom. The summed E-state index contributed by atoms with van der Waals surface area (Å²) in [6.07, 6.45) is 3.75. The highest BCUT2D eigenvalue weighted by Gasteiger charge is 2.18. The SMILES string of the molecule is CCC(CCCC(C)c1ccc(O)cc1)c1ccc(OC(=O)OC(C)(C)C)cc1. The first-order chi connectivity index (χ1) is 13.7. The third-order valence-electron chi connectivity index (χ3n) is 5.09. The Morgan fingerprint density at radius 2 is 1.55 bits per heavy atom. The first-order valence-corrected chi connectivity index (χ1v) is 10.5. The molecule has 0 saturated carbocycles. The summed E-state index contributed by atoms with van der Waals surface area (Å²) in [5.41, 5.74) is 1.96. The molecule has 2 rings (SSSR count). The molecule has 0 bridgehead atoms. The summed E-state index contributed by atoms with van der Waals surface area (Å²) >= 11 is 0. The van der Waals surface area contributed by atoms with Gasteiger partial charge in [-0.2, -0.15) is 0 Å². The lowest BCUT2D eigenvalue weighted by Crippen LogP contribution is -2.25. The van der Waals surface area contributed by atoms with Crippen LogP contribution in [0.15, 0.2) is 48.5 Å². The highest BCUT2D eigenvalue weighted by atomic mass is 16.7. The monoisotopic (exact) mass is 398 g/mol. The fraction of sp³-hybridized carbons (Fsp3) is 0.480. The predicted octanol–water partition coefficient (Wildman–Crippen LogP) is 7.17. The van der Waals surface area contributed by atoms with Crippen LogP contribution in [0.25, 0.3) is 0 Å². The largest absolute Gasteiger partial charge is 0.514 e. The van der Waals surface area contributed by atoms with E-state index in [0.717, 1.165) is 25.7 Å². The Hall–Kier alpha value is -2.49. The maximum atomic E-state index is 11.8. The zero-order valence-electron chi connectivity index (χ0n) is 18.3. The molecule has 0 aromatic heterocycles. The van der Waals surface area contributed by atoms with Gasteiger partial charge in [-0.15, -0.1) is 0 Å². The standard InChI is InChI=1S/C25H34O4/c1-6-19(9-7-8-18(2)20-10-14-22(26)15-11-20)21-12-16-23(17-13-21)28-24(27)29-25(3,4)5/h10-19,26H,6-9H2,1-5H3. The van der Waals surface area contributed by atoms with Crippen molar-refractivity contribution in [1.29, 1.82) is 0 Å². The maximum Gasteiger partial charge on any atom is 0.514 e. The van der Waals surface area contributed by atoms with Crippen molar-refractivity contribution >= 4 is 6.16 Å². The van der Waals surface area contributed by atoms with Crippen LogP contribution >= 0.6 is 0 Å². The molecular weight excluding hydrogens is 364 g/mol. The van der Waals surface area contributed by atoms with Gasteiger partial charge in [0.2, 0.25) is 0 Å². The minimum atomic E-state index is -0.680. The van der Waals surface area contributed by atoms with Crippen LogP contribution in [0.2, 0.25) is 0 Å². The quantitative estimate of drug-likeness (QED) is 0.378. The molecule has 2 atom stereocenters. The normalized spacial score (nSPS) is 13.6. The Bertz CT molecular complexity index is 757. The van der Waals surface area contributed by atoms with Gasteiger partial charge >= 0.3 is 6.16 Å². The summed E-state index contributed by atoms with van der Waals surface area (Å²) in [4.78, 5) is 11.8. The van der Waals surface area contributed by atoms with Crippen LogP contribution < -0.4 is 4.74 Å². The van der Waals surface area contributed by atoms with Crippen LogP contribution in [-0.2, 0) is 4.74 Å². The molecule has 2 aromatic carbocycles. The number of hydrogen-bond acceptors (Lipinski definition) is 4. The molecule has 2 aromatic rings. The van der Waals surface area contributed by atoms with E-state index in [0.29, 0.717) is 23.3 Å². The van der Waals surface area contributed by atoms with Gasteiger partial charge in [0.1, 0.15) is 17.1 Å². The third-order valence-corrected chi connectivity index (χ3v) is 5.09. The summed E-state index contributed by atoms with van der Waals surface area (Å²) in [6.45, 7) is 9.87. The first-order valence-electron chi connectivity index (χ1n) is 10.5. The fourth-order valence-electron chi connectivity index (χ4n) is 3.42. The van der Waals surface area contributed by atoms with Crippen LogP contribution in [-0.4, -0.2) is 16.9 Å². The smallest absolute Gasteiger partial charge is 0.508 e. The Kier molecular flexibility index (Phi) is 8.12. The number of carbonyl (C=O) groups is 1. The van der Waals surface area contributed by atoms with E-state index < -0.39 is 11.8 Å². The summed E-state index contributed by atoms with van der Waals surface area (Å²) in [5, 5.41) is 9.43. The van der Waals surface area contributed by atoms with Gasteiger partial charge in [0.15, 0.2) is 0 Å². The van der Waals surface area contributed by atoms with Gasteiger partial charge in [0, 0.05) is 0 Å². The Morgan fingerprint density at radius 1 is 0.966 bits per heavy atom. The van der Waals surface area contributed by atoms with Crippen molar-refractivity contribution in [3.05, 3.63) is 59.7 Å². The molecule has 0 amide bonds. The number of ether oxygens (including phenoxy) is 2. The average Bonchev–Trinajstić information content (AvgIpc) is 2.65. The van der Waals surface area contributed by atoms with E-state index in [4.69, 9.17) is 9.47 Å². The molecule has 2 unspecified atom stereocenters. The lowest BCUT2D eigenvalue weighted by molar-refractivity contribution is 0.0206. The van der Waals surface area contributed by atoms with Crippen LogP contribution in [0.5, 0.6) is 11.5 Å². The first kappa shape index (κ1) is 22.8. The van der Waals surface area contributed by atoms with Gasteiger partial charge in [-0.25, -0.2) is 4.79 Å². The third kappa shape index (κ3) is 7.80. The second kappa shape index (κ2) is 10.3. The number of rotatable bonds is 8. The minimum absolute atomic E-state index is 0.311. The minimum Gasteiger partial charge on any atom is -0.508 e. The molecule has 0 aliphatic carbocycles. The molecule has 0 radical (unpaired) electrons. The van der Waals surface area contributed by atoms with Gasteiger partial charge < -0.3 is 14.6 Å². The topological polar surface area (TPSA) is 55.8 Å². The van der Waals surface area contributed by atoms with E-state index in [1.54, 1.807) is 12.1 Å². The Balaban J connectivity index is 1.86. The highest BCUT2D eigenvalue weighted by molar-refractivity contribution is 5.64. The highest BCUT2D eigenvalue weighted by Crippen LogP contribution is 2.30. The molecule has 4 nitrogen and oxygen atoms in total. The second-order valence-corrected chi connectivity index (χ2v) is 8.66. The lowest BCUT2D eigenvalue weighted by Gasteiger charge is -2.19. The van der Waals surface area contributed by atoms with Gasteiger partial charge in [-0.3, -0.25) is 0 Å². The van der Waals surface area contributed by atoms with Crippen molar-refractivity contribution in [1.82, 2.24) is 0 Å². The zero-order chi connectivity index (χ0) is 21.4. The predicted molar refractivity (Wildman–Crippen MR) is 117 cm³/mol. The van der Waals surface area contributed by atoms with E-state index in [1.807, 2.05) is 57.2 Å². The molecule has 0 heterocycles. The van der Waals surface area contributed by atoms with Crippen LogP contribution in [0.4, 0.5) is 4.79 Å². The van der Waals surface area contributed by atoms with Crippen LogP contribution in [0, 0.1) is 0 Å². The van der Waals surface area contributed by atoms with Crippen LogP contribution in [0.1, 0.15) is 83.3 Å². The summed E-state index contributed by atoms with van der Waals surface area (Å²) in [5.74, 6) is 1.76. The number of hydrogen-bond donors (Lipinski definition) is 1. The summed E-state index contributed by atoms with van der Waals surface area (Å²) < 4.78 is 10.4. The van der Waals surface area contributed by atoms with Crippen molar-refractivity contribution in [2.75, 3.05) is 0 Å². The van der Waals surface area contributed by atoms with Gasteiger partial charge in [0.25, 0.3) is 0 Å². The van der Waals surface area contributed by atoms with Crippen molar-refractivity contribution < 1.29 is 19.4 Å². The molecule has 0 spiro atoms. The zero-order valence-corrected chi connectivity index (χ0v) is 18.3. The number of phenolic OH excluding ortho intramolecular Hbond substituents is 1. The summed E-state index contributed by atoms with van der Waals surface area (Å²) in [6, 6.07) is 15.3. The molecule has 4 heteroatoms. The van der Waals surface area contributed by atoms with E-state index in [2.05, 4.69) is 13.8 Å². The van der Waals surface area contributed by atoms with Gasteiger partial charge in [-0.1, -0.05) is 44.5 Å². The van der Waals surface area contributed by atoms with Crippen molar-refractivity contribution in [2.24, 2.45) is 0 Å². The molecule has 29 heavy (non-hydrogen) atoms. The molecule has 0 saturated heterocycles. The molecule has 0 aliphatic rings. The van der Waals surface area contributed by atoms with E-state index >= 15 is 0 Å². The molecular formula is C25H34O4. The van der Waals surface area contributed by atoms with Crippen LogP contribution in [0.3, 0.4) is 0 Å². The van der Waals surface area contributed by atoms with E-state index in [9.17, 15) is 9.90 Å². The summed E-state index contributed by atoms with van der Waals surface area (Å²) in [7, 11) is 0. The lowest BCUT2D eigenvalue weighted by atomic mass is 9.88. The second-order valence-electron chi connectivity index (χ2n) is 8.66. The molecule has 0 fully saturated rings.